The van der Waals surface area contributed by atoms with E-state index < -0.39 is 41.3 Å². The molecule has 0 aliphatic rings. The zero-order valence-electron chi connectivity index (χ0n) is 18.6. The van der Waals surface area contributed by atoms with Crippen molar-refractivity contribution in [2.45, 2.75) is 44.4 Å². The highest BCUT2D eigenvalue weighted by Crippen LogP contribution is 2.42. The summed E-state index contributed by atoms with van der Waals surface area (Å²) in [5, 5.41) is 10.9. The number of ether oxygens (including phenoxy) is 1. The molecule has 3 aromatic rings. The molecule has 0 spiro atoms. The van der Waals surface area contributed by atoms with E-state index in [0.29, 0.717) is 11.8 Å². The largest absolute Gasteiger partial charge is 0.496 e. The first kappa shape index (κ1) is 25.4. The molecule has 0 aliphatic carbocycles. The van der Waals surface area contributed by atoms with E-state index in [2.05, 4.69) is 9.98 Å². The van der Waals surface area contributed by atoms with Crippen molar-refractivity contribution in [1.82, 2.24) is 4.98 Å². The predicted octanol–water partition coefficient (Wildman–Crippen LogP) is 5.70. The van der Waals surface area contributed by atoms with E-state index in [4.69, 9.17) is 4.74 Å². The second kappa shape index (κ2) is 9.54. The van der Waals surface area contributed by atoms with Gasteiger partial charge in [-0.25, -0.2) is 8.78 Å². The van der Waals surface area contributed by atoms with Gasteiger partial charge in [-0.3, -0.25) is 9.79 Å². The van der Waals surface area contributed by atoms with Gasteiger partial charge in [-0.05, 0) is 49.4 Å². The topological polar surface area (TPSA) is 74.7 Å². The third-order valence-corrected chi connectivity index (χ3v) is 5.75. The fourth-order valence-electron chi connectivity index (χ4n) is 3.87. The Bertz CT molecular complexity index is 1290. The average molecular weight is 482 g/mol. The van der Waals surface area contributed by atoms with Crippen molar-refractivity contribution in [3.8, 4) is 5.75 Å². The van der Waals surface area contributed by atoms with Crippen molar-refractivity contribution < 1.29 is 31.8 Å². The Hall–Kier alpha value is -3.27. The van der Waals surface area contributed by atoms with Gasteiger partial charge >= 0.3 is 6.18 Å². The second-order valence-electron chi connectivity index (χ2n) is 7.99. The number of aromatic nitrogens is 1. The minimum atomic E-state index is -5.12. The van der Waals surface area contributed by atoms with Crippen molar-refractivity contribution in [2.75, 3.05) is 7.11 Å². The molecular formula is C24H23F5N2O3. The highest BCUT2D eigenvalue weighted by Gasteiger charge is 2.53. The number of fused-ring (bicyclic) bond motifs is 1. The first-order valence-corrected chi connectivity index (χ1v) is 10.4. The molecule has 0 aliphatic heterocycles. The zero-order valence-corrected chi connectivity index (χ0v) is 18.6. The maximum Gasteiger partial charge on any atom is 0.422 e. The van der Waals surface area contributed by atoms with Crippen LogP contribution in [0.5, 0.6) is 5.75 Å². The molecule has 0 unspecified atom stereocenters. The number of benzene rings is 2. The number of methoxy groups -OCH3 is 1. The summed E-state index contributed by atoms with van der Waals surface area (Å²) in [5.41, 5.74) is -3.60. The van der Waals surface area contributed by atoms with Crippen LogP contribution < -0.4 is 10.3 Å². The molecule has 34 heavy (non-hydrogen) atoms. The number of hydrogen-bond donors (Lipinski definition) is 2. The highest BCUT2D eigenvalue weighted by molar-refractivity contribution is 5.92. The van der Waals surface area contributed by atoms with Gasteiger partial charge in [-0.2, -0.15) is 13.2 Å². The van der Waals surface area contributed by atoms with Gasteiger partial charge < -0.3 is 14.8 Å². The van der Waals surface area contributed by atoms with Gasteiger partial charge in [-0.15, -0.1) is 0 Å². The SMILES string of the molecule is CC[C@H](C[C@@](O)(C=Nc1cc(F)cc2[nH]c(=O)ccc12)C(F)(F)F)c1ccc(F)c(C)c1OC. The molecule has 0 bridgehead atoms. The normalized spacial score (nSPS) is 15.0. The lowest BCUT2D eigenvalue weighted by Crippen LogP contribution is -2.47. The Kier molecular flexibility index (Phi) is 7.11. The van der Waals surface area contributed by atoms with Crippen LogP contribution >= 0.6 is 0 Å². The van der Waals surface area contributed by atoms with Crippen LogP contribution in [-0.4, -0.2) is 35.2 Å². The first-order valence-electron chi connectivity index (χ1n) is 10.4. The molecule has 2 N–H and O–H groups in total. The summed E-state index contributed by atoms with van der Waals surface area (Å²) in [6.45, 7) is 3.08. The van der Waals surface area contributed by atoms with Crippen molar-refractivity contribution in [3.05, 3.63) is 69.5 Å². The summed E-state index contributed by atoms with van der Waals surface area (Å²) in [6.07, 6.45) is -5.44. The third-order valence-electron chi connectivity index (χ3n) is 5.75. The molecular weight excluding hydrogens is 459 g/mol. The molecule has 2 atom stereocenters. The average Bonchev–Trinajstić information content (AvgIpc) is 2.76. The fraction of sp³-hybridized carbons (Fsp3) is 0.333. The van der Waals surface area contributed by atoms with Crippen LogP contribution in [-0.2, 0) is 0 Å². The lowest BCUT2D eigenvalue weighted by molar-refractivity contribution is -0.232. The zero-order chi connectivity index (χ0) is 25.3. The number of alkyl halides is 3. The van der Waals surface area contributed by atoms with E-state index in [-0.39, 0.29) is 34.3 Å². The van der Waals surface area contributed by atoms with E-state index in [1.54, 1.807) is 6.92 Å². The van der Waals surface area contributed by atoms with E-state index >= 15 is 0 Å². The van der Waals surface area contributed by atoms with Crippen LogP contribution in [0.1, 0.15) is 36.8 Å². The summed E-state index contributed by atoms with van der Waals surface area (Å²) >= 11 is 0. The Morgan fingerprint density at radius 1 is 1.18 bits per heavy atom. The van der Waals surface area contributed by atoms with E-state index in [1.807, 2.05) is 0 Å². The molecule has 10 heteroatoms. The lowest BCUT2D eigenvalue weighted by Gasteiger charge is -2.31. The summed E-state index contributed by atoms with van der Waals surface area (Å²) in [7, 11) is 1.29. The molecule has 0 fully saturated rings. The summed E-state index contributed by atoms with van der Waals surface area (Å²) in [4.78, 5) is 17.7. The summed E-state index contributed by atoms with van der Waals surface area (Å²) in [6, 6.07) is 6.81. The number of hydrogen-bond acceptors (Lipinski definition) is 4. The van der Waals surface area contributed by atoms with Crippen LogP contribution in [0.2, 0.25) is 0 Å². The number of halogens is 5. The number of H-pyrrole nitrogens is 1. The first-order chi connectivity index (χ1) is 15.9. The summed E-state index contributed by atoms with van der Waals surface area (Å²) < 4.78 is 75.3. The Morgan fingerprint density at radius 3 is 2.50 bits per heavy atom. The lowest BCUT2D eigenvalue weighted by atomic mass is 9.83. The number of rotatable bonds is 7. The van der Waals surface area contributed by atoms with Crippen molar-refractivity contribution in [2.24, 2.45) is 4.99 Å². The molecule has 0 amide bonds. The minimum absolute atomic E-state index is 0.0492. The van der Waals surface area contributed by atoms with Gasteiger partial charge in [0.15, 0.2) is 5.60 Å². The monoisotopic (exact) mass is 482 g/mol. The third kappa shape index (κ3) is 4.96. The van der Waals surface area contributed by atoms with Crippen LogP contribution in [0.25, 0.3) is 10.9 Å². The van der Waals surface area contributed by atoms with Gasteiger partial charge in [0.1, 0.15) is 17.4 Å². The van der Waals surface area contributed by atoms with E-state index in [1.165, 1.54) is 26.2 Å². The van der Waals surface area contributed by atoms with Gasteiger partial charge in [-0.1, -0.05) is 13.0 Å². The maximum absolute atomic E-state index is 14.0. The number of nitrogens with zero attached hydrogens (tertiary/aromatic N) is 1. The Balaban J connectivity index is 2.07. The molecule has 5 nitrogen and oxygen atoms in total. The number of aliphatic hydroxyl groups is 1. The smallest absolute Gasteiger partial charge is 0.422 e. The van der Waals surface area contributed by atoms with Gasteiger partial charge in [0.25, 0.3) is 0 Å². The van der Waals surface area contributed by atoms with Crippen LogP contribution in [0.15, 0.2) is 46.2 Å². The Morgan fingerprint density at radius 2 is 1.88 bits per heavy atom. The number of nitrogens with one attached hydrogen (secondary N) is 1. The quantitative estimate of drug-likeness (QED) is 0.335. The number of aromatic amines is 1. The molecule has 2 aromatic carbocycles. The highest BCUT2D eigenvalue weighted by atomic mass is 19.4. The van der Waals surface area contributed by atoms with Crippen molar-refractivity contribution in [3.63, 3.8) is 0 Å². The number of aliphatic imine (C=N–C) groups is 1. The van der Waals surface area contributed by atoms with Crippen molar-refractivity contribution in [1.29, 1.82) is 0 Å². The molecule has 0 radical (unpaired) electrons. The summed E-state index contributed by atoms with van der Waals surface area (Å²) in [5.74, 6) is -2.16. The van der Waals surface area contributed by atoms with E-state index in [0.717, 1.165) is 24.3 Å². The minimum Gasteiger partial charge on any atom is -0.496 e. The molecule has 3 rings (SSSR count). The van der Waals surface area contributed by atoms with Crippen LogP contribution in [0, 0.1) is 18.6 Å². The van der Waals surface area contributed by atoms with Gasteiger partial charge in [0.05, 0.1) is 18.3 Å². The molecule has 0 saturated heterocycles. The van der Waals surface area contributed by atoms with Gasteiger partial charge in [0.2, 0.25) is 5.56 Å². The molecule has 1 heterocycles. The second-order valence-corrected chi connectivity index (χ2v) is 7.99. The fourth-order valence-corrected chi connectivity index (χ4v) is 3.87. The number of pyridine rings is 1. The maximum atomic E-state index is 14.0. The standard InChI is InChI=1S/C24H23F5N2O3/c1-4-14(16-5-7-18(26)13(2)22(16)34-3)11-23(33,24(27,28)29)12-30-19-9-15(25)10-20-17(19)6-8-21(32)31-20/h5-10,12,14,33H,4,11H2,1-3H3,(H,31,32)/t14-,23-/m1/s1. The predicted molar refractivity (Wildman–Crippen MR) is 119 cm³/mol. The van der Waals surface area contributed by atoms with Gasteiger partial charge in [0, 0.05) is 29.3 Å². The van der Waals surface area contributed by atoms with Crippen LogP contribution in [0.4, 0.5) is 27.6 Å². The van der Waals surface area contributed by atoms with Crippen molar-refractivity contribution >= 4 is 22.8 Å². The molecule has 1 aromatic heterocycles. The van der Waals surface area contributed by atoms with Crippen LogP contribution in [0.3, 0.4) is 0 Å². The van der Waals surface area contributed by atoms with E-state index in [9.17, 15) is 31.9 Å². The molecule has 0 saturated carbocycles. The molecule has 182 valence electrons. The Labute approximate surface area is 191 Å².